The quantitative estimate of drug-likeness (QED) is 0.702. The summed E-state index contributed by atoms with van der Waals surface area (Å²) in [7, 11) is 0. The maximum Gasteiger partial charge on any atom is 0.506 e. The summed E-state index contributed by atoms with van der Waals surface area (Å²) in [4.78, 5) is 18.9. The number of nitrogens with zero attached hydrogens (tertiary/aromatic N) is 3. The van der Waals surface area contributed by atoms with Gasteiger partial charge < -0.3 is 30.0 Å². The Morgan fingerprint density at radius 1 is 1.55 bits per heavy atom. The number of hydrogen-bond donors (Lipinski definition) is 3. The maximum atomic E-state index is 10.8. The van der Waals surface area contributed by atoms with Crippen molar-refractivity contribution in [2.45, 2.75) is 25.4 Å². The Bertz CT molecular complexity index is 703. The van der Waals surface area contributed by atoms with Crippen LogP contribution in [0.5, 0.6) is 0 Å². The zero-order valence-electron chi connectivity index (χ0n) is 11.8. The smallest absolute Gasteiger partial charge is 0.450 e. The minimum Gasteiger partial charge on any atom is -0.450 e. The predicted octanol–water partition coefficient (Wildman–Crippen LogP) is 0.603. The molecule has 1 fully saturated rings. The monoisotopic (exact) mass is 308 g/mol. The van der Waals surface area contributed by atoms with Gasteiger partial charge in [-0.2, -0.15) is 0 Å². The molecule has 1 aliphatic heterocycles. The topological polar surface area (TPSA) is 133 Å². The van der Waals surface area contributed by atoms with Crippen molar-refractivity contribution in [3.8, 4) is 0 Å². The minimum atomic E-state index is -1.40. The van der Waals surface area contributed by atoms with Crippen LogP contribution in [0.2, 0.25) is 0 Å². The normalized spacial score (nSPS) is 28.1. The van der Waals surface area contributed by atoms with E-state index in [0.717, 1.165) is 0 Å². The molecule has 1 saturated heterocycles. The van der Waals surface area contributed by atoms with Crippen LogP contribution in [0, 0.1) is 5.92 Å². The summed E-state index contributed by atoms with van der Waals surface area (Å²) < 4.78 is 12.3. The van der Waals surface area contributed by atoms with Gasteiger partial charge in [0.2, 0.25) is 0 Å². The van der Waals surface area contributed by atoms with Crippen molar-refractivity contribution in [2.75, 3.05) is 12.3 Å². The average Bonchev–Trinajstić information content (AvgIpc) is 3.02. The first kappa shape index (κ1) is 14.5. The zero-order valence-corrected chi connectivity index (χ0v) is 11.8. The van der Waals surface area contributed by atoms with Gasteiger partial charge in [0.05, 0.1) is 12.0 Å². The molecule has 3 heterocycles. The van der Waals surface area contributed by atoms with Gasteiger partial charge in [0.1, 0.15) is 36.2 Å². The number of fused-ring (bicyclic) bond motifs is 1. The first-order chi connectivity index (χ1) is 10.5. The van der Waals surface area contributed by atoms with Crippen LogP contribution in [0.4, 0.5) is 10.6 Å². The largest absolute Gasteiger partial charge is 0.506 e. The predicted molar refractivity (Wildman–Crippen MR) is 75.0 cm³/mol. The molecule has 0 radical (unpaired) electrons. The third kappa shape index (κ3) is 2.24. The molecule has 118 valence electrons. The Balaban J connectivity index is 1.97. The van der Waals surface area contributed by atoms with Gasteiger partial charge in [-0.05, 0) is 6.07 Å². The summed E-state index contributed by atoms with van der Waals surface area (Å²) in [6, 6.07) is 1.76. The van der Waals surface area contributed by atoms with Gasteiger partial charge in [-0.25, -0.2) is 14.8 Å². The second-order valence-electron chi connectivity index (χ2n) is 5.17. The van der Waals surface area contributed by atoms with Crippen molar-refractivity contribution >= 4 is 23.0 Å². The number of ether oxygens (including phenoxy) is 2. The lowest BCUT2D eigenvalue weighted by atomic mass is 10.0. The molecular formula is C13H16N4O5. The highest BCUT2D eigenvalue weighted by atomic mass is 16.7. The van der Waals surface area contributed by atoms with Crippen molar-refractivity contribution in [3.05, 3.63) is 18.6 Å². The highest BCUT2D eigenvalue weighted by molar-refractivity contribution is 5.86. The van der Waals surface area contributed by atoms with Gasteiger partial charge in [0.25, 0.3) is 0 Å². The highest BCUT2D eigenvalue weighted by Gasteiger charge is 2.45. The number of carboxylic acid groups (broad SMARTS) is 1. The molecule has 2 aromatic rings. The summed E-state index contributed by atoms with van der Waals surface area (Å²) in [6.07, 6.45) is -0.314. The van der Waals surface area contributed by atoms with Crippen molar-refractivity contribution < 1.29 is 24.5 Å². The van der Waals surface area contributed by atoms with Crippen molar-refractivity contribution in [2.24, 2.45) is 5.92 Å². The molecule has 0 aliphatic carbocycles. The Labute approximate surface area is 125 Å². The molecule has 4 atom stereocenters. The van der Waals surface area contributed by atoms with Gasteiger partial charge in [0, 0.05) is 12.1 Å². The van der Waals surface area contributed by atoms with E-state index in [-0.39, 0.29) is 12.5 Å². The summed E-state index contributed by atoms with van der Waals surface area (Å²) >= 11 is 0. The first-order valence-corrected chi connectivity index (χ1v) is 6.76. The van der Waals surface area contributed by atoms with Crippen LogP contribution in [-0.2, 0) is 9.47 Å². The third-order valence-corrected chi connectivity index (χ3v) is 3.88. The molecule has 1 aliphatic rings. The van der Waals surface area contributed by atoms with E-state index in [9.17, 15) is 9.90 Å². The van der Waals surface area contributed by atoms with Crippen molar-refractivity contribution in [1.29, 1.82) is 0 Å². The zero-order chi connectivity index (χ0) is 15.9. The molecular weight excluding hydrogens is 292 g/mol. The number of aromatic nitrogens is 3. The molecule has 0 spiro atoms. The van der Waals surface area contributed by atoms with Crippen molar-refractivity contribution in [3.63, 3.8) is 0 Å². The van der Waals surface area contributed by atoms with E-state index >= 15 is 0 Å². The highest BCUT2D eigenvalue weighted by Crippen LogP contribution is 2.38. The van der Waals surface area contributed by atoms with Gasteiger partial charge in [-0.3, -0.25) is 0 Å². The van der Waals surface area contributed by atoms with Gasteiger partial charge in [0.15, 0.2) is 0 Å². The molecule has 0 amide bonds. The number of hydrogen-bond acceptors (Lipinski definition) is 7. The summed E-state index contributed by atoms with van der Waals surface area (Å²) in [5.74, 6) is 0.0477. The second-order valence-corrected chi connectivity index (χ2v) is 5.17. The fourth-order valence-electron chi connectivity index (χ4n) is 2.84. The van der Waals surface area contributed by atoms with E-state index in [2.05, 4.69) is 9.97 Å². The average molecular weight is 308 g/mol. The number of aliphatic hydroxyl groups is 1. The molecule has 1 unspecified atom stereocenters. The summed E-state index contributed by atoms with van der Waals surface area (Å²) in [5.41, 5.74) is 6.38. The molecule has 3 rings (SSSR count). The van der Waals surface area contributed by atoms with E-state index in [1.807, 2.05) is 0 Å². The minimum absolute atomic E-state index is 0.306. The lowest BCUT2D eigenvalue weighted by Gasteiger charge is -2.19. The summed E-state index contributed by atoms with van der Waals surface area (Å²) in [6.45, 7) is 1.46. The molecule has 22 heavy (non-hydrogen) atoms. The molecule has 0 bridgehead atoms. The van der Waals surface area contributed by atoms with Crippen LogP contribution in [0.3, 0.4) is 0 Å². The Kier molecular flexibility index (Phi) is 3.59. The Morgan fingerprint density at radius 2 is 2.32 bits per heavy atom. The number of rotatable bonds is 3. The first-order valence-electron chi connectivity index (χ1n) is 6.76. The molecule has 2 aromatic heterocycles. The van der Waals surface area contributed by atoms with Crippen molar-refractivity contribution in [1.82, 2.24) is 14.5 Å². The van der Waals surface area contributed by atoms with E-state index < -0.39 is 24.6 Å². The maximum absolute atomic E-state index is 10.8. The van der Waals surface area contributed by atoms with E-state index in [4.69, 9.17) is 20.3 Å². The second kappa shape index (κ2) is 5.43. The molecule has 4 N–H and O–H groups in total. The molecule has 0 aromatic carbocycles. The molecule has 9 nitrogen and oxygen atoms in total. The number of aliphatic hydroxyl groups excluding tert-OH is 1. The van der Waals surface area contributed by atoms with Crippen LogP contribution in [0.1, 0.15) is 13.2 Å². The number of carbonyl (C=O) groups is 1. The fraction of sp³-hybridized carbons (Fsp3) is 0.462. The van der Waals surface area contributed by atoms with E-state index in [1.165, 1.54) is 6.33 Å². The van der Waals surface area contributed by atoms with Crippen LogP contribution in [0.25, 0.3) is 11.0 Å². The summed E-state index contributed by atoms with van der Waals surface area (Å²) in [5, 5.41) is 18.9. The lowest BCUT2D eigenvalue weighted by Crippen LogP contribution is -2.33. The SMILES string of the molecule is CC1[C@H](n2ccc3c(N)ncnc32)O[C@H](CO)[C@H]1OC(=O)O. The lowest BCUT2D eigenvalue weighted by molar-refractivity contribution is -0.0516. The number of nitrogen functional groups attached to an aromatic ring is 1. The number of anilines is 1. The Hall–Kier alpha value is -2.39. The molecule has 9 heteroatoms. The van der Waals surface area contributed by atoms with Crippen LogP contribution < -0.4 is 5.73 Å². The molecule has 0 saturated carbocycles. The fourth-order valence-corrected chi connectivity index (χ4v) is 2.84. The van der Waals surface area contributed by atoms with Gasteiger partial charge >= 0.3 is 6.16 Å². The standard InChI is InChI=1S/C13H16N4O5/c1-6-9(22-13(19)20)8(4-18)21-12(6)17-3-2-7-10(14)15-5-16-11(7)17/h2-3,5-6,8-9,12,18H,4H2,1H3,(H,19,20)(H2,14,15,16)/t6?,8-,9+,12-/m1/s1. The van der Waals surface area contributed by atoms with Crippen LogP contribution >= 0.6 is 0 Å². The van der Waals surface area contributed by atoms with Gasteiger partial charge in [-0.1, -0.05) is 6.92 Å². The van der Waals surface area contributed by atoms with E-state index in [1.54, 1.807) is 23.8 Å². The number of nitrogens with two attached hydrogens (primary N) is 1. The Morgan fingerprint density at radius 3 is 3.00 bits per heavy atom. The third-order valence-electron chi connectivity index (χ3n) is 3.88. The van der Waals surface area contributed by atoms with Crippen LogP contribution in [0.15, 0.2) is 18.6 Å². The van der Waals surface area contributed by atoms with Gasteiger partial charge in [-0.15, -0.1) is 0 Å². The van der Waals surface area contributed by atoms with Crippen LogP contribution in [-0.4, -0.2) is 49.7 Å². The van der Waals surface area contributed by atoms with E-state index in [0.29, 0.717) is 16.9 Å².